The highest BCUT2D eigenvalue weighted by Crippen LogP contribution is 2.26. The van der Waals surface area contributed by atoms with Gasteiger partial charge < -0.3 is 10.5 Å². The van der Waals surface area contributed by atoms with E-state index in [0.717, 1.165) is 18.4 Å². The van der Waals surface area contributed by atoms with Gasteiger partial charge in [0.1, 0.15) is 11.7 Å². The third-order valence-electron chi connectivity index (χ3n) is 3.72. The van der Waals surface area contributed by atoms with Crippen LogP contribution in [0.4, 0.5) is 4.39 Å². The van der Waals surface area contributed by atoms with Crippen LogP contribution >= 0.6 is 0 Å². The predicted molar refractivity (Wildman–Crippen MR) is 73.6 cm³/mol. The lowest BCUT2D eigenvalue weighted by Crippen LogP contribution is -2.22. The number of halogens is 1. The number of rotatable bonds is 4. The van der Waals surface area contributed by atoms with Crippen molar-refractivity contribution in [3.05, 3.63) is 35.1 Å². The molecule has 19 heavy (non-hydrogen) atoms. The first kappa shape index (κ1) is 14.0. The van der Waals surface area contributed by atoms with Gasteiger partial charge >= 0.3 is 0 Å². The number of benzene rings is 1. The zero-order valence-electron chi connectivity index (χ0n) is 11.3. The van der Waals surface area contributed by atoms with Crippen LogP contribution in [0.25, 0.3) is 0 Å². The molecule has 0 radical (unpaired) electrons. The van der Waals surface area contributed by atoms with Crippen molar-refractivity contribution in [1.29, 1.82) is 5.41 Å². The van der Waals surface area contributed by atoms with E-state index in [1.165, 1.54) is 25.0 Å². The number of nitrogens with one attached hydrogen (secondary N) is 1. The molecule has 3 N–H and O–H groups in total. The molecular weight excluding hydrogens is 243 g/mol. The Bertz CT molecular complexity index is 461. The fraction of sp³-hybridized carbons (Fsp3) is 0.533. The van der Waals surface area contributed by atoms with Gasteiger partial charge in [-0.25, -0.2) is 4.39 Å². The van der Waals surface area contributed by atoms with Crippen molar-refractivity contribution in [2.75, 3.05) is 0 Å². The Morgan fingerprint density at radius 3 is 2.95 bits per heavy atom. The molecule has 1 aliphatic rings. The summed E-state index contributed by atoms with van der Waals surface area (Å²) in [6.45, 7) is 2.64. The van der Waals surface area contributed by atoms with Crippen molar-refractivity contribution in [3.63, 3.8) is 0 Å². The largest absolute Gasteiger partial charge is 0.384 e. The van der Waals surface area contributed by atoms with Gasteiger partial charge in [0.05, 0.1) is 12.7 Å². The fourth-order valence-corrected chi connectivity index (χ4v) is 2.66. The molecule has 0 bridgehead atoms. The van der Waals surface area contributed by atoms with Crippen LogP contribution in [0.15, 0.2) is 18.2 Å². The zero-order chi connectivity index (χ0) is 13.8. The third-order valence-corrected chi connectivity index (χ3v) is 3.72. The molecule has 1 aromatic carbocycles. The van der Waals surface area contributed by atoms with Crippen LogP contribution in [-0.4, -0.2) is 11.9 Å². The quantitative estimate of drug-likeness (QED) is 0.648. The van der Waals surface area contributed by atoms with Gasteiger partial charge in [-0.3, -0.25) is 5.41 Å². The van der Waals surface area contributed by atoms with E-state index in [1.54, 1.807) is 6.07 Å². The lowest BCUT2D eigenvalue weighted by Gasteiger charge is -2.27. The van der Waals surface area contributed by atoms with Crippen LogP contribution in [0.2, 0.25) is 0 Å². The number of amidine groups is 1. The molecule has 1 saturated carbocycles. The molecule has 4 heteroatoms. The summed E-state index contributed by atoms with van der Waals surface area (Å²) in [6, 6.07) is 4.33. The van der Waals surface area contributed by atoms with Crippen LogP contribution < -0.4 is 5.73 Å². The highest BCUT2D eigenvalue weighted by Gasteiger charge is 2.19. The van der Waals surface area contributed by atoms with Crippen LogP contribution in [0, 0.1) is 17.1 Å². The Hall–Kier alpha value is -1.42. The second-order valence-corrected chi connectivity index (χ2v) is 5.42. The first-order valence-corrected chi connectivity index (χ1v) is 6.80. The van der Waals surface area contributed by atoms with Crippen molar-refractivity contribution >= 4 is 5.84 Å². The van der Waals surface area contributed by atoms with Crippen molar-refractivity contribution in [3.8, 4) is 0 Å². The zero-order valence-corrected chi connectivity index (χ0v) is 11.3. The van der Waals surface area contributed by atoms with E-state index >= 15 is 0 Å². The Balaban J connectivity index is 2.01. The molecule has 0 amide bonds. The van der Waals surface area contributed by atoms with Gasteiger partial charge in [-0.05, 0) is 36.5 Å². The lowest BCUT2D eigenvalue weighted by atomic mass is 9.89. The maximum Gasteiger partial charge on any atom is 0.123 e. The number of hydrogen-bond donors (Lipinski definition) is 2. The average molecular weight is 264 g/mol. The second-order valence-electron chi connectivity index (χ2n) is 5.42. The van der Waals surface area contributed by atoms with Crippen LogP contribution in [0.3, 0.4) is 0 Å². The highest BCUT2D eigenvalue weighted by molar-refractivity contribution is 5.96. The first-order valence-electron chi connectivity index (χ1n) is 6.80. The highest BCUT2D eigenvalue weighted by atomic mass is 19.1. The summed E-state index contributed by atoms with van der Waals surface area (Å²) in [4.78, 5) is 0. The SMILES string of the molecule is CC1CCCC(OCc2ccc(F)cc2C(=N)N)C1. The number of nitrogens with two attached hydrogens (primary N) is 1. The molecule has 0 saturated heterocycles. The summed E-state index contributed by atoms with van der Waals surface area (Å²) in [5.74, 6) is 0.217. The minimum Gasteiger partial charge on any atom is -0.384 e. The van der Waals surface area contributed by atoms with E-state index in [2.05, 4.69) is 6.92 Å². The third kappa shape index (κ3) is 3.77. The molecule has 1 aromatic rings. The summed E-state index contributed by atoms with van der Waals surface area (Å²) in [5, 5.41) is 7.48. The van der Waals surface area contributed by atoms with Gasteiger partial charge in [0.2, 0.25) is 0 Å². The first-order chi connectivity index (χ1) is 9.06. The van der Waals surface area contributed by atoms with Gasteiger partial charge in [-0.15, -0.1) is 0 Å². The van der Waals surface area contributed by atoms with Crippen molar-refractivity contribution in [2.24, 2.45) is 11.7 Å². The standard InChI is InChI=1S/C15H21FN2O/c1-10-3-2-4-13(7-10)19-9-11-5-6-12(16)8-14(11)15(17)18/h5-6,8,10,13H,2-4,7,9H2,1H3,(H3,17,18). The summed E-state index contributed by atoms with van der Waals surface area (Å²) < 4.78 is 19.1. The van der Waals surface area contributed by atoms with Crippen molar-refractivity contribution in [1.82, 2.24) is 0 Å². The maximum atomic E-state index is 13.2. The molecule has 2 unspecified atom stereocenters. The molecule has 0 aromatic heterocycles. The van der Waals surface area contributed by atoms with Gasteiger partial charge in [0.15, 0.2) is 0 Å². The summed E-state index contributed by atoms with van der Waals surface area (Å²) in [5.41, 5.74) is 6.69. The Labute approximate surface area is 113 Å². The summed E-state index contributed by atoms with van der Waals surface area (Å²) in [6.07, 6.45) is 4.91. The molecule has 0 spiro atoms. The summed E-state index contributed by atoms with van der Waals surface area (Å²) >= 11 is 0. The van der Waals surface area contributed by atoms with Crippen LogP contribution in [0.5, 0.6) is 0 Å². The van der Waals surface area contributed by atoms with E-state index in [-0.39, 0.29) is 17.8 Å². The molecule has 1 fully saturated rings. The molecular formula is C15H21FN2O. The van der Waals surface area contributed by atoms with E-state index in [1.807, 2.05) is 0 Å². The second kappa shape index (κ2) is 6.15. The molecule has 0 heterocycles. The van der Waals surface area contributed by atoms with Crippen LogP contribution in [-0.2, 0) is 11.3 Å². The summed E-state index contributed by atoms with van der Waals surface area (Å²) in [7, 11) is 0. The predicted octanol–water partition coefficient (Wildman–Crippen LogP) is 3.21. The Morgan fingerprint density at radius 2 is 2.26 bits per heavy atom. The average Bonchev–Trinajstić information content (AvgIpc) is 2.37. The molecule has 3 nitrogen and oxygen atoms in total. The van der Waals surface area contributed by atoms with Gasteiger partial charge in [0.25, 0.3) is 0 Å². The molecule has 104 valence electrons. The molecule has 1 aliphatic carbocycles. The minimum atomic E-state index is -0.375. The van der Waals surface area contributed by atoms with E-state index in [9.17, 15) is 4.39 Å². The maximum absolute atomic E-state index is 13.2. The Morgan fingerprint density at radius 1 is 1.47 bits per heavy atom. The lowest BCUT2D eigenvalue weighted by molar-refractivity contribution is 0.00459. The fourth-order valence-electron chi connectivity index (χ4n) is 2.66. The molecule has 2 atom stereocenters. The van der Waals surface area contributed by atoms with Gasteiger partial charge in [0, 0.05) is 5.56 Å². The van der Waals surface area contributed by atoms with E-state index in [0.29, 0.717) is 18.1 Å². The normalized spacial score (nSPS) is 23.3. The smallest absolute Gasteiger partial charge is 0.123 e. The van der Waals surface area contributed by atoms with E-state index < -0.39 is 0 Å². The minimum absolute atomic E-state index is 0.116. The van der Waals surface area contributed by atoms with Crippen molar-refractivity contribution < 1.29 is 9.13 Å². The number of nitrogen functional groups attached to an aromatic ring is 1. The van der Waals surface area contributed by atoms with Gasteiger partial charge in [-0.1, -0.05) is 25.8 Å². The monoisotopic (exact) mass is 264 g/mol. The van der Waals surface area contributed by atoms with E-state index in [4.69, 9.17) is 15.9 Å². The molecule has 0 aliphatic heterocycles. The molecule has 2 rings (SSSR count). The Kier molecular flexibility index (Phi) is 4.53. The number of ether oxygens (including phenoxy) is 1. The number of hydrogen-bond acceptors (Lipinski definition) is 2. The van der Waals surface area contributed by atoms with Crippen molar-refractivity contribution in [2.45, 2.75) is 45.3 Å². The van der Waals surface area contributed by atoms with Crippen LogP contribution in [0.1, 0.15) is 43.7 Å². The van der Waals surface area contributed by atoms with Gasteiger partial charge in [-0.2, -0.15) is 0 Å². The topological polar surface area (TPSA) is 59.1 Å².